The standard InChI is InChI=1S/C20H20N2O2/c1-14-7-3-4-9-16(14)13-17-20(23)22-19(21-17)12-11-15-8-5-6-10-18(15)24-2/h3-10,13H,11-12H2,1-2H3,(H,21,22,23)/b17-13-. The largest absolute Gasteiger partial charge is 0.496 e. The normalized spacial score (nSPS) is 15.3. The fourth-order valence-corrected chi connectivity index (χ4v) is 2.69. The van der Waals surface area contributed by atoms with Crippen LogP contribution in [-0.4, -0.2) is 18.9 Å². The molecule has 0 radical (unpaired) electrons. The number of hydrogen-bond donors (Lipinski definition) is 1. The van der Waals surface area contributed by atoms with Crippen molar-refractivity contribution in [1.82, 2.24) is 5.32 Å². The number of amidine groups is 1. The molecule has 4 nitrogen and oxygen atoms in total. The average Bonchev–Trinajstić information content (AvgIpc) is 2.95. The smallest absolute Gasteiger partial charge is 0.275 e. The van der Waals surface area contributed by atoms with Crippen molar-refractivity contribution in [3.8, 4) is 5.75 Å². The number of carbonyl (C=O) groups excluding carboxylic acids is 1. The minimum Gasteiger partial charge on any atom is -0.496 e. The third-order valence-electron chi connectivity index (χ3n) is 4.05. The second-order valence-electron chi connectivity index (χ2n) is 5.71. The molecule has 0 fully saturated rings. The number of aryl methyl sites for hydroxylation is 2. The van der Waals surface area contributed by atoms with E-state index in [1.807, 2.05) is 61.5 Å². The van der Waals surface area contributed by atoms with Crippen LogP contribution in [-0.2, 0) is 11.2 Å². The Morgan fingerprint density at radius 3 is 2.62 bits per heavy atom. The van der Waals surface area contributed by atoms with Crippen molar-refractivity contribution in [2.45, 2.75) is 19.8 Å². The number of para-hydroxylation sites is 1. The van der Waals surface area contributed by atoms with Gasteiger partial charge in [0.05, 0.1) is 7.11 Å². The van der Waals surface area contributed by atoms with E-state index in [1.54, 1.807) is 7.11 Å². The number of amides is 1. The van der Waals surface area contributed by atoms with E-state index in [2.05, 4.69) is 10.3 Å². The summed E-state index contributed by atoms with van der Waals surface area (Å²) in [5.41, 5.74) is 3.69. The van der Waals surface area contributed by atoms with Crippen LogP contribution in [0.15, 0.2) is 59.2 Å². The van der Waals surface area contributed by atoms with E-state index >= 15 is 0 Å². The predicted octanol–water partition coefficient (Wildman–Crippen LogP) is 3.51. The van der Waals surface area contributed by atoms with Crippen molar-refractivity contribution in [1.29, 1.82) is 0 Å². The summed E-state index contributed by atoms with van der Waals surface area (Å²) in [4.78, 5) is 16.6. The van der Waals surface area contributed by atoms with Crippen LogP contribution in [0.4, 0.5) is 0 Å². The first-order valence-corrected chi connectivity index (χ1v) is 7.95. The Morgan fingerprint density at radius 1 is 1.08 bits per heavy atom. The highest BCUT2D eigenvalue weighted by Crippen LogP contribution is 2.20. The SMILES string of the molecule is COc1ccccc1CCC1=N/C(=C\c2ccccc2C)C(=O)N1. The first-order chi connectivity index (χ1) is 11.7. The van der Waals surface area contributed by atoms with Crippen molar-refractivity contribution < 1.29 is 9.53 Å². The van der Waals surface area contributed by atoms with Gasteiger partial charge in [-0.25, -0.2) is 4.99 Å². The van der Waals surface area contributed by atoms with E-state index in [0.29, 0.717) is 18.0 Å². The van der Waals surface area contributed by atoms with E-state index in [1.165, 1.54) is 0 Å². The van der Waals surface area contributed by atoms with E-state index in [-0.39, 0.29) is 5.91 Å². The summed E-state index contributed by atoms with van der Waals surface area (Å²) in [6.07, 6.45) is 3.26. The zero-order valence-electron chi connectivity index (χ0n) is 13.9. The van der Waals surface area contributed by atoms with Gasteiger partial charge in [0.25, 0.3) is 5.91 Å². The minimum absolute atomic E-state index is 0.145. The van der Waals surface area contributed by atoms with Crippen LogP contribution in [0.1, 0.15) is 23.1 Å². The molecule has 1 heterocycles. The summed E-state index contributed by atoms with van der Waals surface area (Å²) in [6, 6.07) is 15.8. The molecular formula is C20H20N2O2. The number of nitrogens with one attached hydrogen (secondary N) is 1. The van der Waals surface area contributed by atoms with Crippen molar-refractivity contribution in [2.75, 3.05) is 7.11 Å². The second-order valence-corrected chi connectivity index (χ2v) is 5.71. The third kappa shape index (κ3) is 3.54. The molecule has 1 aliphatic heterocycles. The summed E-state index contributed by atoms with van der Waals surface area (Å²) in [6.45, 7) is 2.02. The van der Waals surface area contributed by atoms with Gasteiger partial charge in [-0.05, 0) is 42.2 Å². The number of aliphatic imine (C=N–C) groups is 1. The summed E-state index contributed by atoms with van der Waals surface area (Å²) < 4.78 is 5.36. The zero-order valence-corrected chi connectivity index (χ0v) is 13.9. The zero-order chi connectivity index (χ0) is 16.9. The summed E-state index contributed by atoms with van der Waals surface area (Å²) >= 11 is 0. The Balaban J connectivity index is 1.74. The predicted molar refractivity (Wildman–Crippen MR) is 96.0 cm³/mol. The number of hydrogen-bond acceptors (Lipinski definition) is 3. The minimum atomic E-state index is -0.145. The molecule has 3 rings (SSSR count). The molecule has 0 atom stereocenters. The van der Waals surface area contributed by atoms with E-state index < -0.39 is 0 Å². The maximum absolute atomic E-state index is 12.1. The molecule has 0 bridgehead atoms. The average molecular weight is 320 g/mol. The first kappa shape index (κ1) is 16.0. The number of carbonyl (C=O) groups is 1. The van der Waals surface area contributed by atoms with E-state index in [9.17, 15) is 4.79 Å². The van der Waals surface area contributed by atoms with Crippen LogP contribution >= 0.6 is 0 Å². The van der Waals surface area contributed by atoms with Crippen LogP contribution < -0.4 is 10.1 Å². The van der Waals surface area contributed by atoms with Gasteiger partial charge in [-0.1, -0.05) is 42.5 Å². The fraction of sp³-hybridized carbons (Fsp3) is 0.200. The van der Waals surface area contributed by atoms with Crippen molar-refractivity contribution in [3.05, 3.63) is 70.9 Å². The highest BCUT2D eigenvalue weighted by Gasteiger charge is 2.20. The van der Waals surface area contributed by atoms with Crippen LogP contribution in [0.2, 0.25) is 0 Å². The number of ether oxygens (including phenoxy) is 1. The maximum Gasteiger partial charge on any atom is 0.275 e. The molecule has 0 spiro atoms. The highest BCUT2D eigenvalue weighted by atomic mass is 16.5. The van der Waals surface area contributed by atoms with Crippen molar-refractivity contribution in [3.63, 3.8) is 0 Å². The molecule has 0 saturated heterocycles. The van der Waals surface area contributed by atoms with Crippen LogP contribution in [0.25, 0.3) is 6.08 Å². The number of methoxy groups -OCH3 is 1. The van der Waals surface area contributed by atoms with Crippen LogP contribution in [0.5, 0.6) is 5.75 Å². The molecule has 0 aromatic heterocycles. The van der Waals surface area contributed by atoms with Crippen LogP contribution in [0.3, 0.4) is 0 Å². The second kappa shape index (κ2) is 7.13. The van der Waals surface area contributed by atoms with Crippen LogP contribution in [0, 0.1) is 6.92 Å². The van der Waals surface area contributed by atoms with Gasteiger partial charge in [0, 0.05) is 6.42 Å². The molecule has 1 aliphatic rings. The number of nitrogens with zero attached hydrogens (tertiary/aromatic N) is 1. The van der Waals surface area contributed by atoms with Gasteiger partial charge >= 0.3 is 0 Å². The van der Waals surface area contributed by atoms with E-state index in [4.69, 9.17) is 4.74 Å². The van der Waals surface area contributed by atoms with Gasteiger partial charge in [0.2, 0.25) is 0 Å². The van der Waals surface area contributed by atoms with Gasteiger partial charge in [-0.15, -0.1) is 0 Å². The Bertz CT molecular complexity index is 822. The van der Waals surface area contributed by atoms with Gasteiger partial charge in [0.15, 0.2) is 0 Å². The van der Waals surface area contributed by atoms with Gasteiger partial charge in [-0.2, -0.15) is 0 Å². The van der Waals surface area contributed by atoms with Crippen molar-refractivity contribution in [2.24, 2.45) is 4.99 Å². The first-order valence-electron chi connectivity index (χ1n) is 7.95. The molecule has 122 valence electrons. The fourth-order valence-electron chi connectivity index (χ4n) is 2.69. The Morgan fingerprint density at radius 2 is 1.83 bits per heavy atom. The molecule has 2 aromatic carbocycles. The Hall–Kier alpha value is -2.88. The summed E-state index contributed by atoms with van der Waals surface area (Å²) in [5, 5.41) is 2.85. The number of benzene rings is 2. The lowest BCUT2D eigenvalue weighted by molar-refractivity contribution is -0.115. The van der Waals surface area contributed by atoms with Crippen molar-refractivity contribution >= 4 is 17.8 Å². The van der Waals surface area contributed by atoms with Gasteiger partial charge in [0.1, 0.15) is 17.3 Å². The highest BCUT2D eigenvalue weighted by molar-refractivity contribution is 6.14. The lowest BCUT2D eigenvalue weighted by Gasteiger charge is -2.07. The Labute approximate surface area is 141 Å². The lowest BCUT2D eigenvalue weighted by Crippen LogP contribution is -2.24. The molecule has 24 heavy (non-hydrogen) atoms. The molecule has 0 aliphatic carbocycles. The molecule has 1 N–H and O–H groups in total. The molecule has 1 amide bonds. The number of rotatable bonds is 5. The monoisotopic (exact) mass is 320 g/mol. The Kier molecular flexibility index (Phi) is 4.75. The van der Waals surface area contributed by atoms with Gasteiger partial charge in [-0.3, -0.25) is 4.79 Å². The summed E-state index contributed by atoms with van der Waals surface area (Å²) in [5.74, 6) is 1.41. The molecule has 2 aromatic rings. The molecular weight excluding hydrogens is 300 g/mol. The quantitative estimate of drug-likeness (QED) is 0.857. The molecule has 0 saturated carbocycles. The maximum atomic E-state index is 12.1. The van der Waals surface area contributed by atoms with E-state index in [0.717, 1.165) is 28.9 Å². The third-order valence-corrected chi connectivity index (χ3v) is 4.05. The summed E-state index contributed by atoms with van der Waals surface area (Å²) in [7, 11) is 1.66. The molecule has 0 unspecified atom stereocenters. The lowest BCUT2D eigenvalue weighted by atomic mass is 10.1. The molecule has 4 heteroatoms. The topological polar surface area (TPSA) is 50.7 Å². The van der Waals surface area contributed by atoms with Gasteiger partial charge < -0.3 is 10.1 Å².